The van der Waals surface area contributed by atoms with Crippen LogP contribution in [0.5, 0.6) is 11.5 Å². The van der Waals surface area contributed by atoms with Gasteiger partial charge in [0.1, 0.15) is 29.1 Å². The SMILES string of the molecule is Cc1ccccc1Oc1ccc(N2C(=S)N[C@H](c3ccccn3)[C@H]2c2ccc(-c3ccc(Cl)c(Cl)c3)o2)cc1. The Balaban J connectivity index is 1.36. The molecule has 3 heterocycles. The third-order valence-corrected chi connectivity index (χ3v) is 7.71. The van der Waals surface area contributed by atoms with Crippen molar-refractivity contribution in [2.24, 2.45) is 0 Å². The van der Waals surface area contributed by atoms with Crippen LogP contribution in [0, 0.1) is 6.92 Å². The first kappa shape index (κ1) is 25.4. The molecule has 194 valence electrons. The molecule has 0 aliphatic carbocycles. The van der Waals surface area contributed by atoms with Gasteiger partial charge in [0.25, 0.3) is 0 Å². The minimum Gasteiger partial charge on any atom is -0.459 e. The van der Waals surface area contributed by atoms with Gasteiger partial charge in [-0.1, -0.05) is 47.5 Å². The molecule has 0 unspecified atom stereocenters. The van der Waals surface area contributed by atoms with Crippen molar-refractivity contribution in [1.82, 2.24) is 10.3 Å². The van der Waals surface area contributed by atoms with Crippen LogP contribution in [0.1, 0.15) is 29.1 Å². The summed E-state index contributed by atoms with van der Waals surface area (Å²) in [6.45, 7) is 2.02. The Labute approximate surface area is 242 Å². The van der Waals surface area contributed by atoms with Crippen LogP contribution in [-0.2, 0) is 0 Å². The normalized spacial score (nSPS) is 16.8. The van der Waals surface area contributed by atoms with Crippen molar-refractivity contribution in [3.05, 3.63) is 130 Å². The number of anilines is 1. The summed E-state index contributed by atoms with van der Waals surface area (Å²) >= 11 is 18.2. The van der Waals surface area contributed by atoms with Gasteiger partial charge in [-0.3, -0.25) is 4.98 Å². The van der Waals surface area contributed by atoms with Gasteiger partial charge in [0.2, 0.25) is 0 Å². The van der Waals surface area contributed by atoms with E-state index < -0.39 is 0 Å². The molecular weight excluding hydrogens is 549 g/mol. The number of thiocarbonyl (C=S) groups is 1. The maximum Gasteiger partial charge on any atom is 0.174 e. The van der Waals surface area contributed by atoms with Crippen molar-refractivity contribution in [2.45, 2.75) is 19.0 Å². The maximum atomic E-state index is 6.42. The fourth-order valence-electron chi connectivity index (χ4n) is 4.71. The molecule has 8 heteroatoms. The lowest BCUT2D eigenvalue weighted by Gasteiger charge is -2.26. The number of aryl methyl sites for hydroxylation is 1. The molecule has 2 atom stereocenters. The van der Waals surface area contributed by atoms with E-state index in [2.05, 4.69) is 15.2 Å². The average Bonchev–Trinajstić information content (AvgIpc) is 3.57. The first-order valence-corrected chi connectivity index (χ1v) is 13.5. The molecule has 3 aromatic carbocycles. The summed E-state index contributed by atoms with van der Waals surface area (Å²) in [7, 11) is 0. The number of halogens is 2. The number of rotatable bonds is 6. The standard InChI is InChI=1S/C31H23Cl2N3O2S/c1-19-6-2-3-8-26(19)37-22-12-10-21(11-13-22)36-30(29(35-31(36)39)25-7-4-5-17-34-25)28-16-15-27(38-28)20-9-14-23(32)24(33)18-20/h2-18,29-30H,1H3,(H,35,39)/t29-,30-/m1/s1. The minimum atomic E-state index is -0.285. The summed E-state index contributed by atoms with van der Waals surface area (Å²) in [4.78, 5) is 6.67. The Morgan fingerprint density at radius 1 is 0.897 bits per heavy atom. The predicted molar refractivity (Wildman–Crippen MR) is 160 cm³/mol. The van der Waals surface area contributed by atoms with Gasteiger partial charge in [0.15, 0.2) is 5.11 Å². The topological polar surface area (TPSA) is 50.5 Å². The van der Waals surface area contributed by atoms with Crippen molar-refractivity contribution < 1.29 is 9.15 Å². The first-order valence-electron chi connectivity index (χ1n) is 12.4. The van der Waals surface area contributed by atoms with Crippen LogP contribution in [0.25, 0.3) is 11.3 Å². The van der Waals surface area contributed by atoms with Crippen LogP contribution in [-0.4, -0.2) is 10.1 Å². The molecule has 1 fully saturated rings. The van der Waals surface area contributed by atoms with E-state index in [9.17, 15) is 0 Å². The second-order valence-corrected chi connectivity index (χ2v) is 10.4. The van der Waals surface area contributed by atoms with E-state index in [4.69, 9.17) is 44.6 Å². The lowest BCUT2D eigenvalue weighted by atomic mass is 10.0. The molecule has 1 aliphatic rings. The number of pyridine rings is 1. The number of para-hydroxylation sites is 1. The number of furan rings is 1. The number of nitrogens with zero attached hydrogens (tertiary/aromatic N) is 2. The Morgan fingerprint density at radius 2 is 1.69 bits per heavy atom. The third-order valence-electron chi connectivity index (χ3n) is 6.66. The van der Waals surface area contributed by atoms with Gasteiger partial charge in [-0.15, -0.1) is 0 Å². The van der Waals surface area contributed by atoms with Crippen LogP contribution < -0.4 is 15.0 Å². The highest BCUT2D eigenvalue weighted by molar-refractivity contribution is 7.80. The third kappa shape index (κ3) is 5.11. The molecule has 1 N–H and O–H groups in total. The lowest BCUT2D eigenvalue weighted by Crippen LogP contribution is -2.29. The molecule has 0 spiro atoms. The van der Waals surface area contributed by atoms with Crippen LogP contribution in [0.2, 0.25) is 10.0 Å². The van der Waals surface area contributed by atoms with Crippen LogP contribution in [0.4, 0.5) is 5.69 Å². The predicted octanol–water partition coefficient (Wildman–Crippen LogP) is 8.93. The van der Waals surface area contributed by atoms with Gasteiger partial charge in [0.05, 0.1) is 21.8 Å². The van der Waals surface area contributed by atoms with Crippen molar-refractivity contribution in [2.75, 3.05) is 4.90 Å². The molecule has 0 amide bonds. The zero-order chi connectivity index (χ0) is 26.9. The zero-order valence-electron chi connectivity index (χ0n) is 20.8. The van der Waals surface area contributed by atoms with E-state index >= 15 is 0 Å². The summed E-state index contributed by atoms with van der Waals surface area (Å²) in [6.07, 6.45) is 1.78. The molecule has 1 saturated heterocycles. The highest BCUT2D eigenvalue weighted by Crippen LogP contribution is 2.43. The molecule has 1 aliphatic heterocycles. The molecule has 0 saturated carbocycles. The van der Waals surface area contributed by atoms with Crippen LogP contribution in [0.3, 0.4) is 0 Å². The minimum absolute atomic E-state index is 0.227. The van der Waals surface area contributed by atoms with E-state index in [0.717, 1.165) is 39.8 Å². The molecule has 6 rings (SSSR count). The zero-order valence-corrected chi connectivity index (χ0v) is 23.2. The first-order chi connectivity index (χ1) is 19.0. The summed E-state index contributed by atoms with van der Waals surface area (Å²) in [6, 6.07) is 30.5. The van der Waals surface area contributed by atoms with Crippen molar-refractivity contribution in [3.63, 3.8) is 0 Å². The summed E-state index contributed by atoms with van der Waals surface area (Å²) in [5, 5.41) is 5.00. The second-order valence-electron chi connectivity index (χ2n) is 9.19. The number of ether oxygens (including phenoxy) is 1. The van der Waals surface area contributed by atoms with E-state index in [1.54, 1.807) is 18.3 Å². The fraction of sp³-hybridized carbons (Fsp3) is 0.0968. The quantitative estimate of drug-likeness (QED) is 0.205. The van der Waals surface area contributed by atoms with Gasteiger partial charge in [0, 0.05) is 17.4 Å². The lowest BCUT2D eigenvalue weighted by molar-refractivity contribution is 0.439. The molecular formula is C31H23Cl2N3O2S. The molecule has 2 aromatic heterocycles. The van der Waals surface area contributed by atoms with Crippen molar-refractivity contribution in [3.8, 4) is 22.8 Å². The van der Waals surface area contributed by atoms with Gasteiger partial charge in [-0.25, -0.2) is 0 Å². The van der Waals surface area contributed by atoms with E-state index in [1.807, 2.05) is 91.9 Å². The number of hydrogen-bond acceptors (Lipinski definition) is 4. The number of nitrogens with one attached hydrogen (secondary N) is 1. The molecule has 0 bridgehead atoms. The second kappa shape index (κ2) is 10.7. The Morgan fingerprint density at radius 3 is 2.44 bits per heavy atom. The molecule has 0 radical (unpaired) electrons. The van der Waals surface area contributed by atoms with Crippen molar-refractivity contribution in [1.29, 1.82) is 0 Å². The monoisotopic (exact) mass is 571 g/mol. The van der Waals surface area contributed by atoms with Gasteiger partial charge in [-0.05, 0) is 97.5 Å². The highest BCUT2D eigenvalue weighted by atomic mass is 35.5. The smallest absolute Gasteiger partial charge is 0.174 e. The van der Waals surface area contributed by atoms with E-state index in [0.29, 0.717) is 20.9 Å². The largest absolute Gasteiger partial charge is 0.459 e. The van der Waals surface area contributed by atoms with E-state index in [1.165, 1.54) is 0 Å². The average molecular weight is 573 g/mol. The van der Waals surface area contributed by atoms with Gasteiger partial charge >= 0.3 is 0 Å². The van der Waals surface area contributed by atoms with Crippen molar-refractivity contribution >= 4 is 46.2 Å². The molecule has 5 aromatic rings. The Bertz CT molecular complexity index is 1640. The summed E-state index contributed by atoms with van der Waals surface area (Å²) in [5.41, 5.74) is 3.67. The number of benzene rings is 3. The Hall–Kier alpha value is -3.84. The maximum absolute atomic E-state index is 6.42. The Kier molecular flexibility index (Phi) is 7.00. The summed E-state index contributed by atoms with van der Waals surface area (Å²) < 4.78 is 12.5. The molecule has 39 heavy (non-hydrogen) atoms. The number of hydrogen-bond donors (Lipinski definition) is 1. The van der Waals surface area contributed by atoms with E-state index in [-0.39, 0.29) is 12.1 Å². The molecule has 5 nitrogen and oxygen atoms in total. The van der Waals surface area contributed by atoms with Crippen LogP contribution in [0.15, 0.2) is 108 Å². The van der Waals surface area contributed by atoms with Gasteiger partial charge in [-0.2, -0.15) is 0 Å². The van der Waals surface area contributed by atoms with Gasteiger partial charge < -0.3 is 19.4 Å². The van der Waals surface area contributed by atoms with Crippen LogP contribution >= 0.6 is 35.4 Å². The fourth-order valence-corrected chi connectivity index (χ4v) is 5.35. The number of aromatic nitrogens is 1. The summed E-state index contributed by atoms with van der Waals surface area (Å²) in [5.74, 6) is 2.98. The highest BCUT2D eigenvalue weighted by Gasteiger charge is 2.42.